The summed E-state index contributed by atoms with van der Waals surface area (Å²) in [6.45, 7) is 6.21. The molecule has 3 rings (SSSR count). The third-order valence-electron chi connectivity index (χ3n) is 5.26. The monoisotopic (exact) mass is 353 g/mol. The van der Waals surface area contributed by atoms with Crippen LogP contribution in [0.15, 0.2) is 0 Å². The van der Waals surface area contributed by atoms with E-state index in [-0.39, 0.29) is 29.9 Å². The smallest absolute Gasteiger partial charge is 0.409 e. The van der Waals surface area contributed by atoms with Gasteiger partial charge in [0.05, 0.1) is 25.7 Å². The van der Waals surface area contributed by atoms with Crippen molar-refractivity contribution in [2.45, 2.75) is 32.2 Å². The molecule has 0 saturated carbocycles. The number of rotatable bonds is 3. The van der Waals surface area contributed by atoms with Crippen LogP contribution >= 0.6 is 0 Å². The first kappa shape index (κ1) is 18.0. The Kier molecular flexibility index (Phi) is 5.78. The molecular weight excluding hydrogens is 326 g/mol. The Morgan fingerprint density at radius 2 is 1.80 bits per heavy atom. The Morgan fingerprint density at radius 1 is 1.12 bits per heavy atom. The van der Waals surface area contributed by atoms with Crippen LogP contribution in [0.5, 0.6) is 0 Å². The van der Waals surface area contributed by atoms with E-state index in [1.54, 1.807) is 11.8 Å². The Morgan fingerprint density at radius 3 is 2.44 bits per heavy atom. The first-order valence-electron chi connectivity index (χ1n) is 9.18. The van der Waals surface area contributed by atoms with Gasteiger partial charge in [-0.2, -0.15) is 0 Å². The van der Waals surface area contributed by atoms with E-state index in [2.05, 4.69) is 0 Å². The zero-order valence-electron chi connectivity index (χ0n) is 14.8. The van der Waals surface area contributed by atoms with Crippen LogP contribution in [0.2, 0.25) is 0 Å². The highest BCUT2D eigenvalue weighted by Crippen LogP contribution is 2.27. The molecule has 1 unspecified atom stereocenters. The summed E-state index contributed by atoms with van der Waals surface area (Å²) in [5, 5.41) is 0. The van der Waals surface area contributed by atoms with E-state index < -0.39 is 0 Å². The van der Waals surface area contributed by atoms with Gasteiger partial charge < -0.3 is 24.2 Å². The Hall–Kier alpha value is -1.83. The van der Waals surface area contributed by atoms with Gasteiger partial charge in [0.1, 0.15) is 0 Å². The van der Waals surface area contributed by atoms with Gasteiger partial charge in [-0.25, -0.2) is 4.79 Å². The van der Waals surface area contributed by atoms with Crippen molar-refractivity contribution in [3.63, 3.8) is 0 Å². The maximum atomic E-state index is 12.6. The molecule has 0 spiro atoms. The number of likely N-dealkylation sites (tertiary alicyclic amines) is 2. The fraction of sp³-hybridized carbons (Fsp3) is 0.824. The van der Waals surface area contributed by atoms with Gasteiger partial charge in [-0.3, -0.25) is 9.59 Å². The lowest BCUT2D eigenvalue weighted by atomic mass is 10.0. The van der Waals surface area contributed by atoms with Crippen molar-refractivity contribution in [2.24, 2.45) is 5.92 Å². The molecule has 0 radical (unpaired) electrons. The predicted molar refractivity (Wildman–Crippen MR) is 88.8 cm³/mol. The molecule has 3 saturated heterocycles. The molecule has 0 aliphatic carbocycles. The molecule has 140 valence electrons. The highest BCUT2D eigenvalue weighted by atomic mass is 16.6. The van der Waals surface area contributed by atoms with Crippen molar-refractivity contribution < 1.29 is 23.9 Å². The zero-order chi connectivity index (χ0) is 17.8. The first-order chi connectivity index (χ1) is 12.1. The molecule has 3 amide bonds. The summed E-state index contributed by atoms with van der Waals surface area (Å²) in [6.07, 6.45) is 1.49. The number of carbonyl (C=O) groups is 3. The van der Waals surface area contributed by atoms with Gasteiger partial charge in [0.15, 0.2) is 0 Å². The lowest BCUT2D eigenvalue weighted by Gasteiger charge is -2.36. The third kappa shape index (κ3) is 4.05. The molecule has 0 bridgehead atoms. The molecule has 3 aliphatic heterocycles. The summed E-state index contributed by atoms with van der Waals surface area (Å²) < 4.78 is 10.3. The van der Waals surface area contributed by atoms with Crippen LogP contribution in [0.3, 0.4) is 0 Å². The van der Waals surface area contributed by atoms with E-state index in [0.29, 0.717) is 59.0 Å². The van der Waals surface area contributed by atoms with Crippen LogP contribution in [0.25, 0.3) is 0 Å². The molecule has 0 aromatic carbocycles. The summed E-state index contributed by atoms with van der Waals surface area (Å²) in [6, 6.07) is 0.112. The summed E-state index contributed by atoms with van der Waals surface area (Å²) in [5.74, 6) is -0.113. The fourth-order valence-corrected chi connectivity index (χ4v) is 3.87. The summed E-state index contributed by atoms with van der Waals surface area (Å²) in [5.41, 5.74) is 0. The number of hydrogen-bond donors (Lipinski definition) is 0. The van der Waals surface area contributed by atoms with Crippen molar-refractivity contribution in [3.05, 3.63) is 0 Å². The maximum Gasteiger partial charge on any atom is 0.409 e. The second kappa shape index (κ2) is 8.03. The quantitative estimate of drug-likeness (QED) is 0.730. The molecule has 1 atom stereocenters. The average molecular weight is 353 g/mol. The molecule has 0 N–H and O–H groups in total. The molecule has 25 heavy (non-hydrogen) atoms. The molecule has 8 heteroatoms. The van der Waals surface area contributed by atoms with Crippen LogP contribution < -0.4 is 0 Å². The lowest BCUT2D eigenvalue weighted by molar-refractivity contribution is -0.139. The number of ether oxygens (including phenoxy) is 2. The van der Waals surface area contributed by atoms with Gasteiger partial charge in [0.25, 0.3) is 0 Å². The van der Waals surface area contributed by atoms with Crippen molar-refractivity contribution >= 4 is 17.9 Å². The summed E-state index contributed by atoms with van der Waals surface area (Å²) >= 11 is 0. The van der Waals surface area contributed by atoms with Gasteiger partial charge in [0, 0.05) is 45.2 Å². The summed E-state index contributed by atoms with van der Waals surface area (Å²) in [4.78, 5) is 42.2. The highest BCUT2D eigenvalue weighted by Gasteiger charge is 2.40. The van der Waals surface area contributed by atoms with E-state index in [0.717, 1.165) is 12.8 Å². The molecule has 8 nitrogen and oxygen atoms in total. The molecule has 3 aliphatic rings. The van der Waals surface area contributed by atoms with Gasteiger partial charge in [-0.1, -0.05) is 0 Å². The number of hydrogen-bond acceptors (Lipinski definition) is 5. The van der Waals surface area contributed by atoms with Gasteiger partial charge in [-0.05, 0) is 19.8 Å². The van der Waals surface area contributed by atoms with Crippen LogP contribution in [0.4, 0.5) is 4.79 Å². The van der Waals surface area contributed by atoms with Crippen molar-refractivity contribution in [2.75, 3.05) is 52.5 Å². The van der Waals surface area contributed by atoms with Crippen LogP contribution in [0, 0.1) is 5.92 Å². The van der Waals surface area contributed by atoms with Gasteiger partial charge >= 0.3 is 6.09 Å². The first-order valence-corrected chi connectivity index (χ1v) is 9.18. The fourth-order valence-electron chi connectivity index (χ4n) is 3.87. The van der Waals surface area contributed by atoms with E-state index in [4.69, 9.17) is 9.47 Å². The normalized spacial score (nSPS) is 25.4. The maximum absolute atomic E-state index is 12.6. The largest absolute Gasteiger partial charge is 0.450 e. The van der Waals surface area contributed by atoms with E-state index >= 15 is 0 Å². The number of piperidine rings is 1. The number of carbonyl (C=O) groups excluding carboxylic acids is 3. The van der Waals surface area contributed by atoms with E-state index in [1.807, 2.05) is 9.80 Å². The molecule has 3 heterocycles. The third-order valence-corrected chi connectivity index (χ3v) is 5.26. The predicted octanol–water partition coefficient (Wildman–Crippen LogP) is 0.315. The SMILES string of the molecule is CCOC(=O)N1CCC(N2CC(C(=O)N3CCOCC3)CC2=O)CC1. The average Bonchev–Trinajstić information content (AvgIpc) is 3.04. The zero-order valence-corrected chi connectivity index (χ0v) is 14.8. The topological polar surface area (TPSA) is 79.4 Å². The molecule has 3 fully saturated rings. The molecular formula is C17H27N3O5. The Labute approximate surface area is 148 Å². The minimum Gasteiger partial charge on any atom is -0.450 e. The van der Waals surface area contributed by atoms with Crippen LogP contribution in [-0.2, 0) is 19.1 Å². The number of amides is 3. The van der Waals surface area contributed by atoms with E-state index in [9.17, 15) is 14.4 Å². The van der Waals surface area contributed by atoms with Crippen molar-refractivity contribution in [1.82, 2.24) is 14.7 Å². The molecule has 0 aromatic heterocycles. The number of nitrogens with zero attached hydrogens (tertiary/aromatic N) is 3. The molecule has 0 aromatic rings. The van der Waals surface area contributed by atoms with Gasteiger partial charge in [0.2, 0.25) is 11.8 Å². The van der Waals surface area contributed by atoms with Crippen LogP contribution in [0.1, 0.15) is 26.2 Å². The van der Waals surface area contributed by atoms with Crippen molar-refractivity contribution in [3.8, 4) is 0 Å². The van der Waals surface area contributed by atoms with Gasteiger partial charge in [-0.15, -0.1) is 0 Å². The minimum atomic E-state index is -0.283. The number of morpholine rings is 1. The highest BCUT2D eigenvalue weighted by molar-refractivity contribution is 5.89. The second-order valence-electron chi connectivity index (χ2n) is 6.80. The van der Waals surface area contributed by atoms with Crippen LogP contribution in [-0.4, -0.2) is 91.2 Å². The lowest BCUT2D eigenvalue weighted by Crippen LogP contribution is -2.48. The second-order valence-corrected chi connectivity index (χ2v) is 6.80. The van der Waals surface area contributed by atoms with E-state index in [1.165, 1.54) is 0 Å². The minimum absolute atomic E-state index is 0.0567. The summed E-state index contributed by atoms with van der Waals surface area (Å²) in [7, 11) is 0. The standard InChI is InChI=1S/C17H27N3O5/c1-2-25-17(23)19-5-3-14(4-6-19)20-12-13(11-15(20)21)16(22)18-7-9-24-10-8-18/h13-14H,2-12H2,1H3. The Bertz CT molecular complexity index is 512. The van der Waals surface area contributed by atoms with Crippen molar-refractivity contribution in [1.29, 1.82) is 0 Å². The Balaban J connectivity index is 1.51.